The zero-order valence-electron chi connectivity index (χ0n) is 18.0. The van der Waals surface area contributed by atoms with Crippen LogP contribution in [0, 0.1) is 0 Å². The van der Waals surface area contributed by atoms with Crippen molar-refractivity contribution in [1.29, 1.82) is 0 Å². The van der Waals surface area contributed by atoms with Crippen molar-refractivity contribution in [2.24, 2.45) is 0 Å². The number of rotatable bonds is 7. The number of hydrogen-bond donors (Lipinski definition) is 1. The lowest BCUT2D eigenvalue weighted by molar-refractivity contribution is 0.0900. The predicted octanol–water partition coefficient (Wildman–Crippen LogP) is 4.05. The number of sulfone groups is 1. The number of nitrogens with one attached hydrogen (secondary N) is 1. The van der Waals surface area contributed by atoms with E-state index in [0.717, 1.165) is 32.5 Å². The zero-order chi connectivity index (χ0) is 22.4. The van der Waals surface area contributed by atoms with Crippen LogP contribution in [0.4, 0.5) is 0 Å². The van der Waals surface area contributed by atoms with Gasteiger partial charge >= 0.3 is 0 Å². The SMILES string of the molecule is O=C(NC1CCCN(Cc2ccccc2)C1)c1cccc(CS(=O)(=O)c2ccccc2)c1. The summed E-state index contributed by atoms with van der Waals surface area (Å²) >= 11 is 0. The second kappa shape index (κ2) is 10.1. The third-order valence-electron chi connectivity index (χ3n) is 5.74. The summed E-state index contributed by atoms with van der Waals surface area (Å²) in [5, 5.41) is 3.14. The van der Waals surface area contributed by atoms with Gasteiger partial charge in [-0.05, 0) is 54.8 Å². The summed E-state index contributed by atoms with van der Waals surface area (Å²) in [7, 11) is -3.46. The normalized spacial score (nSPS) is 17.1. The highest BCUT2D eigenvalue weighted by atomic mass is 32.2. The summed E-state index contributed by atoms with van der Waals surface area (Å²) in [6, 6.07) is 25.7. The molecule has 1 N–H and O–H groups in total. The standard InChI is InChI=1S/C26H28N2O3S/c29-26(27-24-13-8-16-28(19-24)18-21-9-3-1-4-10-21)23-12-7-11-22(17-23)20-32(30,31)25-14-5-2-6-15-25/h1-7,9-12,14-15,17,24H,8,13,16,18-20H2,(H,27,29). The quantitative estimate of drug-likeness (QED) is 0.592. The summed E-state index contributed by atoms with van der Waals surface area (Å²) < 4.78 is 25.4. The van der Waals surface area contributed by atoms with Crippen molar-refractivity contribution < 1.29 is 13.2 Å². The molecule has 1 aliphatic rings. The lowest BCUT2D eigenvalue weighted by atomic mass is 10.0. The van der Waals surface area contributed by atoms with Crippen LogP contribution in [-0.4, -0.2) is 38.4 Å². The molecule has 0 radical (unpaired) electrons. The van der Waals surface area contributed by atoms with Crippen LogP contribution >= 0.6 is 0 Å². The van der Waals surface area contributed by atoms with Crippen LogP contribution < -0.4 is 5.32 Å². The van der Waals surface area contributed by atoms with Crippen molar-refractivity contribution in [3.05, 3.63) is 102 Å². The van der Waals surface area contributed by atoms with Crippen LogP contribution in [0.2, 0.25) is 0 Å². The molecule has 4 rings (SSSR count). The average Bonchev–Trinajstić information content (AvgIpc) is 2.80. The maximum Gasteiger partial charge on any atom is 0.251 e. The van der Waals surface area contributed by atoms with Crippen LogP contribution in [0.5, 0.6) is 0 Å². The van der Waals surface area contributed by atoms with Gasteiger partial charge in [0.2, 0.25) is 0 Å². The Labute approximate surface area is 190 Å². The fourth-order valence-electron chi connectivity index (χ4n) is 4.16. The summed E-state index contributed by atoms with van der Waals surface area (Å²) in [4.78, 5) is 15.5. The van der Waals surface area contributed by atoms with Gasteiger partial charge in [0.15, 0.2) is 9.84 Å². The van der Waals surface area contributed by atoms with Gasteiger partial charge in [0.1, 0.15) is 0 Å². The van der Waals surface area contributed by atoms with Crippen LogP contribution in [-0.2, 0) is 22.1 Å². The van der Waals surface area contributed by atoms with Gasteiger partial charge in [-0.1, -0.05) is 60.7 Å². The van der Waals surface area contributed by atoms with E-state index in [1.165, 1.54) is 5.56 Å². The van der Waals surface area contributed by atoms with E-state index in [0.29, 0.717) is 11.1 Å². The van der Waals surface area contributed by atoms with Gasteiger partial charge in [-0.15, -0.1) is 0 Å². The maximum atomic E-state index is 12.9. The summed E-state index contributed by atoms with van der Waals surface area (Å²) in [6.07, 6.45) is 1.98. The number of carbonyl (C=O) groups is 1. The van der Waals surface area contributed by atoms with Crippen molar-refractivity contribution in [3.63, 3.8) is 0 Å². The first-order valence-corrected chi connectivity index (χ1v) is 12.6. The van der Waals surface area contributed by atoms with Crippen molar-refractivity contribution in [1.82, 2.24) is 10.2 Å². The van der Waals surface area contributed by atoms with Crippen molar-refractivity contribution in [2.75, 3.05) is 13.1 Å². The fourth-order valence-corrected chi connectivity index (χ4v) is 5.52. The Hall–Kier alpha value is -2.96. The first-order chi connectivity index (χ1) is 15.5. The highest BCUT2D eigenvalue weighted by molar-refractivity contribution is 7.90. The van der Waals surface area contributed by atoms with E-state index in [4.69, 9.17) is 0 Å². The Morgan fingerprint density at radius 3 is 2.34 bits per heavy atom. The molecule has 5 nitrogen and oxygen atoms in total. The van der Waals surface area contributed by atoms with Crippen molar-refractivity contribution in [3.8, 4) is 0 Å². The Morgan fingerprint density at radius 1 is 0.906 bits per heavy atom. The molecule has 1 unspecified atom stereocenters. The van der Waals surface area contributed by atoms with Crippen molar-refractivity contribution >= 4 is 15.7 Å². The topological polar surface area (TPSA) is 66.5 Å². The molecule has 3 aromatic rings. The van der Waals surface area contributed by atoms with E-state index in [-0.39, 0.29) is 22.6 Å². The number of amides is 1. The number of nitrogens with zero attached hydrogens (tertiary/aromatic N) is 1. The Morgan fingerprint density at radius 2 is 1.59 bits per heavy atom. The molecule has 0 bridgehead atoms. The summed E-state index contributed by atoms with van der Waals surface area (Å²) in [5.41, 5.74) is 2.37. The molecule has 1 amide bonds. The van der Waals surface area contributed by atoms with E-state index in [1.807, 2.05) is 18.2 Å². The molecular weight excluding hydrogens is 420 g/mol. The van der Waals surface area contributed by atoms with E-state index >= 15 is 0 Å². The van der Waals surface area contributed by atoms with E-state index in [9.17, 15) is 13.2 Å². The lowest BCUT2D eigenvalue weighted by Gasteiger charge is -2.33. The largest absolute Gasteiger partial charge is 0.348 e. The predicted molar refractivity (Wildman–Crippen MR) is 126 cm³/mol. The molecule has 166 valence electrons. The Kier molecular flexibility index (Phi) is 7.02. The maximum absolute atomic E-state index is 12.9. The van der Waals surface area contributed by atoms with Gasteiger partial charge in [0.25, 0.3) is 5.91 Å². The second-order valence-electron chi connectivity index (χ2n) is 8.31. The molecule has 3 aromatic carbocycles. The highest BCUT2D eigenvalue weighted by Gasteiger charge is 2.22. The first kappa shape index (κ1) is 22.2. The smallest absolute Gasteiger partial charge is 0.251 e. The minimum atomic E-state index is -3.46. The zero-order valence-corrected chi connectivity index (χ0v) is 18.8. The number of piperidine rings is 1. The minimum Gasteiger partial charge on any atom is -0.348 e. The minimum absolute atomic E-state index is 0.0802. The molecule has 0 aromatic heterocycles. The summed E-state index contributed by atoms with van der Waals surface area (Å²) in [6.45, 7) is 2.71. The fraction of sp³-hybridized carbons (Fsp3) is 0.269. The van der Waals surface area contributed by atoms with E-state index in [2.05, 4.69) is 22.3 Å². The number of likely N-dealkylation sites (tertiary alicyclic amines) is 1. The number of hydrogen-bond acceptors (Lipinski definition) is 4. The second-order valence-corrected chi connectivity index (χ2v) is 10.3. The van der Waals surface area contributed by atoms with Crippen LogP contribution in [0.1, 0.15) is 34.3 Å². The molecule has 1 atom stereocenters. The van der Waals surface area contributed by atoms with Gasteiger partial charge in [-0.3, -0.25) is 9.69 Å². The molecule has 1 fully saturated rings. The third-order valence-corrected chi connectivity index (χ3v) is 7.44. The summed E-state index contributed by atoms with van der Waals surface area (Å²) in [5.74, 6) is -0.289. The van der Waals surface area contributed by atoms with E-state index in [1.54, 1.807) is 54.6 Å². The third kappa shape index (κ3) is 5.84. The van der Waals surface area contributed by atoms with Gasteiger partial charge in [0.05, 0.1) is 10.6 Å². The average molecular weight is 449 g/mol. The molecule has 32 heavy (non-hydrogen) atoms. The van der Waals surface area contributed by atoms with Crippen LogP contribution in [0.15, 0.2) is 89.8 Å². The molecule has 1 aliphatic heterocycles. The Balaban J connectivity index is 1.38. The highest BCUT2D eigenvalue weighted by Crippen LogP contribution is 2.18. The molecule has 1 heterocycles. The number of benzene rings is 3. The Bertz CT molecular complexity index is 1150. The van der Waals surface area contributed by atoms with Gasteiger partial charge in [0, 0.05) is 24.7 Å². The van der Waals surface area contributed by atoms with Gasteiger partial charge < -0.3 is 5.32 Å². The van der Waals surface area contributed by atoms with E-state index < -0.39 is 9.84 Å². The van der Waals surface area contributed by atoms with Gasteiger partial charge in [-0.25, -0.2) is 8.42 Å². The molecule has 1 saturated heterocycles. The lowest BCUT2D eigenvalue weighted by Crippen LogP contribution is -2.47. The molecule has 0 aliphatic carbocycles. The van der Waals surface area contributed by atoms with Crippen LogP contribution in [0.25, 0.3) is 0 Å². The van der Waals surface area contributed by atoms with Gasteiger partial charge in [-0.2, -0.15) is 0 Å². The van der Waals surface area contributed by atoms with Crippen LogP contribution in [0.3, 0.4) is 0 Å². The first-order valence-electron chi connectivity index (χ1n) is 10.9. The number of carbonyl (C=O) groups excluding carboxylic acids is 1. The van der Waals surface area contributed by atoms with Crippen molar-refractivity contribution in [2.45, 2.75) is 36.1 Å². The molecule has 0 saturated carbocycles. The molecule has 6 heteroatoms. The monoisotopic (exact) mass is 448 g/mol. The molecule has 0 spiro atoms. The molecular formula is C26H28N2O3S.